The Bertz CT molecular complexity index is 756. The second-order valence-electron chi connectivity index (χ2n) is 4.72. The molecule has 0 aliphatic carbocycles. The lowest BCUT2D eigenvalue weighted by molar-refractivity contribution is 0.0937. The van der Waals surface area contributed by atoms with Crippen LogP contribution in [0.25, 0.3) is 0 Å². The second kappa shape index (κ2) is 6.17. The lowest BCUT2D eigenvalue weighted by atomic mass is 10.1. The summed E-state index contributed by atoms with van der Waals surface area (Å²) < 4.78 is 5.48. The lowest BCUT2D eigenvalue weighted by Gasteiger charge is -2.15. The highest BCUT2D eigenvalue weighted by Gasteiger charge is 2.22. The van der Waals surface area contributed by atoms with Gasteiger partial charge in [0.25, 0.3) is 5.91 Å². The van der Waals surface area contributed by atoms with Gasteiger partial charge in [0.05, 0.1) is 5.56 Å². The number of amides is 1. The third-order valence-electron chi connectivity index (χ3n) is 3.12. The van der Waals surface area contributed by atoms with Crippen molar-refractivity contribution in [3.8, 4) is 0 Å². The number of benzene rings is 1. The van der Waals surface area contributed by atoms with Crippen LogP contribution in [0, 0.1) is 6.92 Å². The molecule has 1 atom stereocenters. The van der Waals surface area contributed by atoms with Gasteiger partial charge in [0.1, 0.15) is 6.04 Å². The first-order valence-electron chi connectivity index (χ1n) is 6.80. The van der Waals surface area contributed by atoms with Crippen LogP contribution in [0.1, 0.15) is 33.7 Å². The highest BCUT2D eigenvalue weighted by Crippen LogP contribution is 2.21. The predicted molar refractivity (Wildman–Crippen MR) is 79.0 cm³/mol. The van der Waals surface area contributed by atoms with Crippen molar-refractivity contribution in [1.29, 1.82) is 0 Å². The lowest BCUT2D eigenvalue weighted by Crippen LogP contribution is -2.29. The Morgan fingerprint density at radius 1 is 1.14 bits per heavy atom. The van der Waals surface area contributed by atoms with Gasteiger partial charge in [-0.1, -0.05) is 30.3 Å². The molecule has 1 aromatic carbocycles. The smallest absolute Gasteiger partial charge is 0.253 e. The minimum absolute atomic E-state index is 0.252. The molecule has 1 N–H and O–H groups in total. The number of nitrogens with zero attached hydrogens (tertiary/aromatic N) is 3. The molecule has 0 bridgehead atoms. The molecule has 1 unspecified atom stereocenters. The normalized spacial score (nSPS) is 11.9. The third-order valence-corrected chi connectivity index (χ3v) is 3.12. The Morgan fingerprint density at radius 2 is 1.95 bits per heavy atom. The van der Waals surface area contributed by atoms with E-state index in [1.807, 2.05) is 30.3 Å². The van der Waals surface area contributed by atoms with E-state index in [2.05, 4.69) is 20.5 Å². The van der Waals surface area contributed by atoms with E-state index in [4.69, 9.17) is 4.42 Å². The summed E-state index contributed by atoms with van der Waals surface area (Å²) in [4.78, 5) is 16.3. The SMILES string of the molecule is Cc1nnc(C(NC(=O)c2cccnc2)c2ccccc2)o1. The van der Waals surface area contributed by atoms with E-state index in [1.54, 1.807) is 25.3 Å². The molecule has 6 heteroatoms. The molecule has 0 aliphatic rings. The van der Waals surface area contributed by atoms with E-state index in [0.717, 1.165) is 5.56 Å². The minimum atomic E-state index is -0.505. The van der Waals surface area contributed by atoms with E-state index in [0.29, 0.717) is 17.3 Å². The summed E-state index contributed by atoms with van der Waals surface area (Å²) in [6.07, 6.45) is 3.13. The average molecular weight is 294 g/mol. The Balaban J connectivity index is 1.91. The topological polar surface area (TPSA) is 80.9 Å². The van der Waals surface area contributed by atoms with E-state index in [-0.39, 0.29) is 5.91 Å². The average Bonchev–Trinajstić information content (AvgIpc) is 3.00. The van der Waals surface area contributed by atoms with E-state index in [1.165, 1.54) is 6.20 Å². The Morgan fingerprint density at radius 3 is 2.59 bits per heavy atom. The molecular formula is C16H14N4O2. The van der Waals surface area contributed by atoms with Crippen LogP contribution in [-0.2, 0) is 0 Å². The van der Waals surface area contributed by atoms with E-state index in [9.17, 15) is 4.79 Å². The molecular weight excluding hydrogens is 280 g/mol. The van der Waals surface area contributed by atoms with Crippen molar-refractivity contribution in [2.24, 2.45) is 0 Å². The van der Waals surface area contributed by atoms with Gasteiger partial charge in [-0.15, -0.1) is 10.2 Å². The van der Waals surface area contributed by atoms with Gasteiger partial charge in [-0.25, -0.2) is 0 Å². The quantitative estimate of drug-likeness (QED) is 0.798. The van der Waals surface area contributed by atoms with Crippen molar-refractivity contribution in [3.63, 3.8) is 0 Å². The molecule has 0 saturated heterocycles. The molecule has 22 heavy (non-hydrogen) atoms. The number of nitrogens with one attached hydrogen (secondary N) is 1. The van der Waals surface area contributed by atoms with Crippen molar-refractivity contribution in [3.05, 3.63) is 77.8 Å². The molecule has 0 aliphatic heterocycles. The zero-order valence-corrected chi connectivity index (χ0v) is 11.9. The molecule has 1 amide bonds. The molecule has 3 aromatic rings. The molecule has 0 fully saturated rings. The number of aryl methyl sites for hydroxylation is 1. The van der Waals surface area contributed by atoms with Gasteiger partial charge in [-0.3, -0.25) is 9.78 Å². The summed E-state index contributed by atoms with van der Waals surface area (Å²) >= 11 is 0. The van der Waals surface area contributed by atoms with Crippen LogP contribution in [-0.4, -0.2) is 21.1 Å². The van der Waals surface area contributed by atoms with Crippen molar-refractivity contribution in [2.75, 3.05) is 0 Å². The van der Waals surface area contributed by atoms with Gasteiger partial charge in [0.15, 0.2) is 0 Å². The Hall–Kier alpha value is -3.02. The number of aromatic nitrogens is 3. The summed E-state index contributed by atoms with van der Waals surface area (Å²) in [5, 5.41) is 10.8. The number of pyridine rings is 1. The largest absolute Gasteiger partial charge is 0.423 e. The fourth-order valence-corrected chi connectivity index (χ4v) is 2.07. The molecule has 0 spiro atoms. The summed E-state index contributed by atoms with van der Waals surface area (Å²) in [5.74, 6) is 0.547. The molecule has 3 rings (SSSR count). The number of hydrogen-bond donors (Lipinski definition) is 1. The maximum atomic E-state index is 12.4. The molecule has 0 saturated carbocycles. The maximum Gasteiger partial charge on any atom is 0.253 e. The Kier molecular flexibility index (Phi) is 3.91. The van der Waals surface area contributed by atoms with Gasteiger partial charge >= 0.3 is 0 Å². The summed E-state index contributed by atoms with van der Waals surface area (Å²) in [6.45, 7) is 1.71. The molecule has 2 aromatic heterocycles. The van der Waals surface area contributed by atoms with E-state index < -0.39 is 6.04 Å². The van der Waals surface area contributed by atoms with Crippen LogP contribution in [0.2, 0.25) is 0 Å². The fourth-order valence-electron chi connectivity index (χ4n) is 2.07. The van der Waals surface area contributed by atoms with Gasteiger partial charge in [-0.2, -0.15) is 0 Å². The van der Waals surface area contributed by atoms with Gasteiger partial charge in [-0.05, 0) is 17.7 Å². The zero-order valence-electron chi connectivity index (χ0n) is 11.9. The van der Waals surface area contributed by atoms with Gasteiger partial charge in [0, 0.05) is 19.3 Å². The van der Waals surface area contributed by atoms with Crippen LogP contribution in [0.3, 0.4) is 0 Å². The zero-order chi connectivity index (χ0) is 15.4. The van der Waals surface area contributed by atoms with Gasteiger partial charge < -0.3 is 9.73 Å². The van der Waals surface area contributed by atoms with Crippen molar-refractivity contribution in [2.45, 2.75) is 13.0 Å². The highest BCUT2D eigenvalue weighted by atomic mass is 16.4. The number of rotatable bonds is 4. The summed E-state index contributed by atoms with van der Waals surface area (Å²) in [7, 11) is 0. The maximum absolute atomic E-state index is 12.4. The van der Waals surface area contributed by atoms with Crippen molar-refractivity contribution in [1.82, 2.24) is 20.5 Å². The van der Waals surface area contributed by atoms with Crippen LogP contribution in [0.5, 0.6) is 0 Å². The standard InChI is InChI=1S/C16H14N4O2/c1-11-19-20-16(22-11)14(12-6-3-2-4-7-12)18-15(21)13-8-5-9-17-10-13/h2-10,14H,1H3,(H,18,21). The highest BCUT2D eigenvalue weighted by molar-refractivity contribution is 5.94. The van der Waals surface area contributed by atoms with Crippen LogP contribution < -0.4 is 5.32 Å². The third kappa shape index (κ3) is 3.01. The molecule has 0 radical (unpaired) electrons. The van der Waals surface area contributed by atoms with Crippen LogP contribution in [0.4, 0.5) is 0 Å². The summed E-state index contributed by atoms with van der Waals surface area (Å²) in [5.41, 5.74) is 1.34. The molecule has 110 valence electrons. The van der Waals surface area contributed by atoms with Crippen molar-refractivity contribution >= 4 is 5.91 Å². The number of carbonyl (C=O) groups excluding carboxylic acids is 1. The first kappa shape index (κ1) is 13.9. The van der Waals surface area contributed by atoms with Crippen LogP contribution in [0.15, 0.2) is 59.3 Å². The number of carbonyl (C=O) groups is 1. The monoisotopic (exact) mass is 294 g/mol. The Labute approximate surface area is 127 Å². The predicted octanol–water partition coefficient (Wildman–Crippen LogP) is 2.29. The first-order valence-corrected chi connectivity index (χ1v) is 6.80. The fraction of sp³-hybridized carbons (Fsp3) is 0.125. The second-order valence-corrected chi connectivity index (χ2v) is 4.72. The number of hydrogen-bond acceptors (Lipinski definition) is 5. The van der Waals surface area contributed by atoms with Crippen molar-refractivity contribution < 1.29 is 9.21 Å². The van der Waals surface area contributed by atoms with Crippen LogP contribution >= 0.6 is 0 Å². The minimum Gasteiger partial charge on any atom is -0.423 e. The summed E-state index contributed by atoms with van der Waals surface area (Å²) in [6, 6.07) is 12.4. The molecule has 6 nitrogen and oxygen atoms in total. The van der Waals surface area contributed by atoms with Gasteiger partial charge in [0.2, 0.25) is 11.8 Å². The first-order chi connectivity index (χ1) is 10.7. The van der Waals surface area contributed by atoms with E-state index >= 15 is 0 Å². The molecule has 2 heterocycles.